The van der Waals surface area contributed by atoms with E-state index in [0.717, 1.165) is 29.2 Å². The van der Waals surface area contributed by atoms with Gasteiger partial charge in [-0.05, 0) is 81.4 Å². The van der Waals surface area contributed by atoms with E-state index in [1.165, 1.54) is 32.4 Å². The van der Waals surface area contributed by atoms with Crippen LogP contribution in [0.25, 0.3) is 11.3 Å². The fourth-order valence-electron chi connectivity index (χ4n) is 4.66. The first kappa shape index (κ1) is 19.5. The highest BCUT2D eigenvalue weighted by Crippen LogP contribution is 2.48. The summed E-state index contributed by atoms with van der Waals surface area (Å²) in [6.07, 6.45) is 4.74. The molecule has 1 aromatic heterocycles. The molecular weight excluding hydrogens is 350 g/mol. The van der Waals surface area contributed by atoms with Crippen LogP contribution >= 0.6 is 0 Å². The Kier molecular flexibility index (Phi) is 5.48. The van der Waals surface area contributed by atoms with E-state index in [1.807, 2.05) is 24.3 Å². The van der Waals surface area contributed by atoms with Crippen LogP contribution in [0.2, 0.25) is 0 Å². The first-order valence-corrected chi connectivity index (χ1v) is 10.5. The van der Waals surface area contributed by atoms with Crippen LogP contribution in [0.3, 0.4) is 0 Å². The topological polar surface area (TPSA) is 50.5 Å². The summed E-state index contributed by atoms with van der Waals surface area (Å²) in [6.45, 7) is 7.22. The second kappa shape index (κ2) is 7.88. The highest BCUT2D eigenvalue weighted by atomic mass is 16.5. The molecule has 0 unspecified atom stereocenters. The molecule has 5 heteroatoms. The average Bonchev–Trinajstić information content (AvgIpc) is 3.17. The van der Waals surface area contributed by atoms with Gasteiger partial charge in [0.15, 0.2) is 5.76 Å². The Morgan fingerprint density at radius 3 is 2.57 bits per heavy atom. The van der Waals surface area contributed by atoms with Gasteiger partial charge in [-0.15, -0.1) is 0 Å². The maximum absolute atomic E-state index is 5.61. The molecule has 2 aliphatic rings. The quantitative estimate of drug-likeness (QED) is 0.817. The molecule has 0 spiro atoms. The predicted molar refractivity (Wildman–Crippen MR) is 112 cm³/mol. The van der Waals surface area contributed by atoms with Crippen LogP contribution in [-0.4, -0.2) is 49.4 Å². The number of hydrogen-bond donors (Lipinski definition) is 1. The summed E-state index contributed by atoms with van der Waals surface area (Å²) in [7, 11) is 3.90. The SMILES string of the molecule is COc1ccc(-c2cc(C[C@@H]3C[C@H](NC4CCN(C)CC4)C3(C)C)no2)cc1. The zero-order valence-electron chi connectivity index (χ0n) is 17.6. The number of likely N-dealkylation sites (tertiary alicyclic amines) is 1. The second-order valence-electron chi connectivity index (χ2n) is 9.17. The van der Waals surface area contributed by atoms with Gasteiger partial charge in [-0.2, -0.15) is 0 Å². The van der Waals surface area contributed by atoms with Crippen LogP contribution in [0.4, 0.5) is 0 Å². The summed E-state index contributed by atoms with van der Waals surface area (Å²) < 4.78 is 10.8. The molecule has 1 aliphatic carbocycles. The summed E-state index contributed by atoms with van der Waals surface area (Å²) >= 11 is 0. The van der Waals surface area contributed by atoms with Gasteiger partial charge < -0.3 is 19.5 Å². The van der Waals surface area contributed by atoms with E-state index in [2.05, 4.69) is 42.3 Å². The summed E-state index contributed by atoms with van der Waals surface area (Å²) in [6, 6.07) is 11.3. The van der Waals surface area contributed by atoms with Gasteiger partial charge in [0, 0.05) is 23.7 Å². The lowest BCUT2D eigenvalue weighted by atomic mass is 9.57. The molecule has 4 rings (SSSR count). The van der Waals surface area contributed by atoms with Crippen molar-refractivity contribution >= 4 is 0 Å². The van der Waals surface area contributed by atoms with Crippen molar-refractivity contribution in [2.24, 2.45) is 11.3 Å². The highest BCUT2D eigenvalue weighted by molar-refractivity contribution is 5.58. The van der Waals surface area contributed by atoms with Crippen LogP contribution in [-0.2, 0) is 6.42 Å². The molecule has 2 atom stereocenters. The predicted octanol–water partition coefficient (Wildman–Crippen LogP) is 3.99. The van der Waals surface area contributed by atoms with E-state index in [9.17, 15) is 0 Å². The Bertz CT molecular complexity index is 775. The first-order chi connectivity index (χ1) is 13.5. The molecule has 1 aliphatic heterocycles. The Labute approximate surface area is 168 Å². The molecule has 1 N–H and O–H groups in total. The highest BCUT2D eigenvalue weighted by Gasteiger charge is 2.48. The van der Waals surface area contributed by atoms with Crippen LogP contribution < -0.4 is 10.1 Å². The molecule has 1 saturated heterocycles. The molecule has 0 bridgehead atoms. The summed E-state index contributed by atoms with van der Waals surface area (Å²) in [5, 5.41) is 8.28. The summed E-state index contributed by atoms with van der Waals surface area (Å²) in [4.78, 5) is 2.43. The smallest absolute Gasteiger partial charge is 0.167 e. The van der Waals surface area contributed by atoms with E-state index >= 15 is 0 Å². The molecule has 2 fully saturated rings. The van der Waals surface area contributed by atoms with Crippen molar-refractivity contribution in [2.45, 2.75) is 51.6 Å². The summed E-state index contributed by atoms with van der Waals surface area (Å²) in [5.74, 6) is 2.32. The molecule has 1 saturated carbocycles. The molecule has 5 nitrogen and oxygen atoms in total. The number of benzene rings is 1. The van der Waals surface area contributed by atoms with Crippen molar-refractivity contribution in [2.75, 3.05) is 27.2 Å². The number of nitrogens with zero attached hydrogens (tertiary/aromatic N) is 2. The standard InChI is InChI=1S/C23H33N3O2/c1-23(2)17(14-22(23)24-18-9-11-26(3)12-10-18)13-19-15-21(28-25-19)16-5-7-20(27-4)8-6-16/h5-8,15,17-18,22,24H,9-14H2,1-4H3/t17-,22+/m1/s1. The molecule has 0 amide bonds. The number of hydrogen-bond acceptors (Lipinski definition) is 5. The van der Waals surface area contributed by atoms with Crippen LogP contribution in [0, 0.1) is 11.3 Å². The lowest BCUT2D eigenvalue weighted by Crippen LogP contribution is -2.60. The van der Waals surface area contributed by atoms with Gasteiger partial charge in [-0.1, -0.05) is 19.0 Å². The molecule has 1 aromatic carbocycles. The third-order valence-electron chi connectivity index (χ3n) is 7.02. The van der Waals surface area contributed by atoms with Crippen LogP contribution in [0.1, 0.15) is 38.8 Å². The second-order valence-corrected chi connectivity index (χ2v) is 9.17. The van der Waals surface area contributed by atoms with Gasteiger partial charge in [0.1, 0.15) is 5.75 Å². The monoisotopic (exact) mass is 383 g/mol. The van der Waals surface area contributed by atoms with Gasteiger partial charge in [0.2, 0.25) is 0 Å². The van der Waals surface area contributed by atoms with E-state index < -0.39 is 0 Å². The number of rotatable bonds is 6. The maximum atomic E-state index is 5.61. The molecule has 28 heavy (non-hydrogen) atoms. The van der Waals surface area contributed by atoms with Crippen molar-refractivity contribution in [3.05, 3.63) is 36.0 Å². The molecule has 152 valence electrons. The molecule has 2 heterocycles. The van der Waals surface area contributed by atoms with E-state index in [1.54, 1.807) is 7.11 Å². The number of nitrogens with one attached hydrogen (secondary N) is 1. The minimum Gasteiger partial charge on any atom is -0.497 e. The Hall–Kier alpha value is -1.85. The fourth-order valence-corrected chi connectivity index (χ4v) is 4.66. The average molecular weight is 384 g/mol. The van der Waals surface area contributed by atoms with Gasteiger partial charge >= 0.3 is 0 Å². The lowest BCUT2D eigenvalue weighted by molar-refractivity contribution is 0.00207. The van der Waals surface area contributed by atoms with Gasteiger partial charge in [-0.25, -0.2) is 0 Å². The van der Waals surface area contributed by atoms with Gasteiger partial charge in [0.25, 0.3) is 0 Å². The largest absolute Gasteiger partial charge is 0.497 e. The fraction of sp³-hybridized carbons (Fsp3) is 0.609. The van der Waals surface area contributed by atoms with Gasteiger partial charge in [-0.3, -0.25) is 0 Å². The lowest BCUT2D eigenvalue weighted by Gasteiger charge is -2.54. The van der Waals surface area contributed by atoms with Crippen molar-refractivity contribution in [3.8, 4) is 17.1 Å². The Balaban J connectivity index is 1.33. The van der Waals surface area contributed by atoms with E-state index in [4.69, 9.17) is 9.26 Å². The normalized spacial score (nSPS) is 25.4. The van der Waals surface area contributed by atoms with Crippen molar-refractivity contribution < 1.29 is 9.26 Å². The number of methoxy groups -OCH3 is 1. The van der Waals surface area contributed by atoms with Crippen molar-refractivity contribution in [3.63, 3.8) is 0 Å². The maximum Gasteiger partial charge on any atom is 0.167 e. The van der Waals surface area contributed by atoms with E-state index in [0.29, 0.717) is 23.4 Å². The number of aromatic nitrogens is 1. The van der Waals surface area contributed by atoms with E-state index in [-0.39, 0.29) is 0 Å². The minimum atomic E-state index is 0.294. The molecular formula is C23H33N3O2. The number of ether oxygens (including phenoxy) is 1. The number of piperidine rings is 1. The first-order valence-electron chi connectivity index (χ1n) is 10.5. The van der Waals surface area contributed by atoms with Gasteiger partial charge in [0.05, 0.1) is 12.8 Å². The zero-order chi connectivity index (χ0) is 19.7. The molecule has 0 radical (unpaired) electrons. The zero-order valence-corrected chi connectivity index (χ0v) is 17.6. The van der Waals surface area contributed by atoms with Crippen LogP contribution in [0.15, 0.2) is 34.9 Å². The van der Waals surface area contributed by atoms with Crippen LogP contribution in [0.5, 0.6) is 5.75 Å². The summed E-state index contributed by atoms with van der Waals surface area (Å²) in [5.41, 5.74) is 2.39. The molecule has 2 aromatic rings. The van der Waals surface area contributed by atoms with Crippen molar-refractivity contribution in [1.82, 2.24) is 15.4 Å². The third-order valence-corrected chi connectivity index (χ3v) is 7.02. The Morgan fingerprint density at radius 2 is 1.93 bits per heavy atom. The van der Waals surface area contributed by atoms with Crippen molar-refractivity contribution in [1.29, 1.82) is 0 Å². The third kappa shape index (κ3) is 3.96. The Morgan fingerprint density at radius 1 is 1.21 bits per heavy atom. The minimum absolute atomic E-state index is 0.294.